The summed E-state index contributed by atoms with van der Waals surface area (Å²) in [5.74, 6) is 1.02. The summed E-state index contributed by atoms with van der Waals surface area (Å²) < 4.78 is 1.94. The lowest BCUT2D eigenvalue weighted by Gasteiger charge is -2.20. The highest BCUT2D eigenvalue weighted by atomic mass is 15.3. The lowest BCUT2D eigenvalue weighted by atomic mass is 9.84. The second kappa shape index (κ2) is 7.01. The number of aliphatic imine (C=N–C) groups is 1. The van der Waals surface area contributed by atoms with Crippen molar-refractivity contribution in [2.45, 2.75) is 67.7 Å². The van der Waals surface area contributed by atoms with Gasteiger partial charge in [0, 0.05) is 30.8 Å². The minimum Gasteiger partial charge on any atom is -0.320 e. The minimum absolute atomic E-state index is 0. The molecule has 0 aliphatic carbocycles. The molecule has 0 bridgehead atoms. The summed E-state index contributed by atoms with van der Waals surface area (Å²) in [5.41, 5.74) is 3.10. The first-order chi connectivity index (χ1) is 9.03. The summed E-state index contributed by atoms with van der Waals surface area (Å²) in [7, 11) is 1.96. The normalized spacial score (nSPS) is 14.7. The third-order valence-corrected chi connectivity index (χ3v) is 3.30. The molecule has 0 atom stereocenters. The van der Waals surface area contributed by atoms with Crippen molar-refractivity contribution in [2.75, 3.05) is 0 Å². The van der Waals surface area contributed by atoms with Crippen LogP contribution in [0.2, 0.25) is 0 Å². The summed E-state index contributed by atoms with van der Waals surface area (Å²) in [4.78, 5) is 4.24. The molecule has 4 nitrogen and oxygen atoms in total. The third-order valence-electron chi connectivity index (χ3n) is 3.30. The lowest BCUT2D eigenvalue weighted by molar-refractivity contribution is 0.495. The zero-order valence-electron chi connectivity index (χ0n) is 14.2. The molecule has 0 fully saturated rings. The molecule has 0 amide bonds. The average Bonchev–Trinajstić information content (AvgIpc) is 2.85. The number of aromatic nitrogens is 3. The quantitative estimate of drug-likeness (QED) is 0.705. The van der Waals surface area contributed by atoms with Gasteiger partial charge in [0.2, 0.25) is 0 Å². The van der Waals surface area contributed by atoms with Crippen LogP contribution in [0, 0.1) is 5.41 Å². The zero-order valence-corrected chi connectivity index (χ0v) is 14.2. The van der Waals surface area contributed by atoms with Crippen LogP contribution < -0.4 is 0 Å². The van der Waals surface area contributed by atoms with E-state index in [2.05, 4.69) is 63.7 Å². The van der Waals surface area contributed by atoms with Crippen molar-refractivity contribution >= 4 is 6.21 Å². The fourth-order valence-corrected chi connectivity index (χ4v) is 2.31. The Morgan fingerprint density at radius 2 is 1.62 bits per heavy atom. The summed E-state index contributed by atoms with van der Waals surface area (Å²) in [6, 6.07) is 0. The van der Waals surface area contributed by atoms with E-state index in [0.29, 0.717) is 5.41 Å². The largest absolute Gasteiger partial charge is 0.320 e. The molecule has 2 heterocycles. The van der Waals surface area contributed by atoms with Gasteiger partial charge in [-0.1, -0.05) is 49.0 Å². The van der Waals surface area contributed by atoms with Crippen LogP contribution >= 0.6 is 0 Å². The van der Waals surface area contributed by atoms with Crippen LogP contribution in [0.25, 0.3) is 0 Å². The van der Waals surface area contributed by atoms with Gasteiger partial charge in [-0.2, -0.15) is 0 Å². The van der Waals surface area contributed by atoms with Crippen molar-refractivity contribution in [3.63, 3.8) is 0 Å². The van der Waals surface area contributed by atoms with E-state index >= 15 is 0 Å². The van der Waals surface area contributed by atoms with Gasteiger partial charge in [0.25, 0.3) is 0 Å². The molecule has 0 aromatic carbocycles. The number of aryl methyl sites for hydroxylation is 1. The number of allylic oxidation sites excluding steroid dienone is 2. The van der Waals surface area contributed by atoms with Gasteiger partial charge in [-0.25, -0.2) is 0 Å². The maximum atomic E-state index is 4.24. The van der Waals surface area contributed by atoms with Crippen LogP contribution in [-0.4, -0.2) is 21.0 Å². The average molecular weight is 292 g/mol. The van der Waals surface area contributed by atoms with Crippen molar-refractivity contribution in [1.82, 2.24) is 14.8 Å². The highest BCUT2D eigenvalue weighted by Gasteiger charge is 2.20. The fourth-order valence-electron chi connectivity index (χ4n) is 2.31. The Bertz CT molecular complexity index is 508. The fraction of sp³-hybridized carbons (Fsp3) is 0.706. The standard InChI is InChI=1S/C9H15N.C7H13N3.CH4/c1-7-8(5-6-10-7)9(2,3)4;1-7(2,3)6-9-8-5-10(6)4;/h6H,5H2,1-4H3;5H,1-4H3;1H4. The smallest absolute Gasteiger partial charge is 0.137 e. The van der Waals surface area contributed by atoms with Gasteiger partial charge >= 0.3 is 0 Å². The lowest BCUT2D eigenvalue weighted by Crippen LogP contribution is -2.17. The van der Waals surface area contributed by atoms with Crippen LogP contribution in [-0.2, 0) is 12.5 Å². The maximum Gasteiger partial charge on any atom is 0.137 e. The Morgan fingerprint density at radius 1 is 1.05 bits per heavy atom. The Hall–Kier alpha value is -1.45. The van der Waals surface area contributed by atoms with E-state index in [1.54, 1.807) is 6.33 Å². The molecule has 1 aliphatic rings. The van der Waals surface area contributed by atoms with Gasteiger partial charge in [-0.15, -0.1) is 10.2 Å². The van der Waals surface area contributed by atoms with E-state index in [1.807, 2.05) is 17.8 Å². The van der Waals surface area contributed by atoms with Crippen molar-refractivity contribution < 1.29 is 0 Å². The van der Waals surface area contributed by atoms with Crippen LogP contribution in [0.15, 0.2) is 22.6 Å². The number of rotatable bonds is 0. The molecule has 0 spiro atoms. The second-order valence-electron chi connectivity index (χ2n) is 7.35. The van der Waals surface area contributed by atoms with Gasteiger partial charge in [0.05, 0.1) is 0 Å². The molecule has 0 saturated heterocycles. The van der Waals surface area contributed by atoms with E-state index in [-0.39, 0.29) is 12.8 Å². The van der Waals surface area contributed by atoms with E-state index in [9.17, 15) is 0 Å². The summed E-state index contributed by atoms with van der Waals surface area (Å²) in [5, 5.41) is 7.80. The van der Waals surface area contributed by atoms with E-state index in [4.69, 9.17) is 0 Å². The van der Waals surface area contributed by atoms with Gasteiger partial charge in [0.1, 0.15) is 12.2 Å². The first-order valence-corrected chi connectivity index (χ1v) is 7.10. The molecule has 21 heavy (non-hydrogen) atoms. The molecule has 4 heteroatoms. The highest BCUT2D eigenvalue weighted by Crippen LogP contribution is 2.32. The Balaban J connectivity index is 0.000000364. The summed E-state index contributed by atoms with van der Waals surface area (Å²) in [6.07, 6.45) is 4.77. The molecule has 2 rings (SSSR count). The second-order valence-corrected chi connectivity index (χ2v) is 7.35. The number of hydrogen-bond acceptors (Lipinski definition) is 3. The van der Waals surface area contributed by atoms with Gasteiger partial charge in [-0.05, 0) is 17.9 Å². The summed E-state index contributed by atoms with van der Waals surface area (Å²) >= 11 is 0. The van der Waals surface area contributed by atoms with Crippen molar-refractivity contribution in [3.8, 4) is 0 Å². The van der Waals surface area contributed by atoms with Gasteiger partial charge in [0.15, 0.2) is 0 Å². The molecule has 0 radical (unpaired) electrons. The highest BCUT2D eigenvalue weighted by molar-refractivity contribution is 5.67. The molecule has 0 unspecified atom stereocenters. The van der Waals surface area contributed by atoms with Crippen molar-refractivity contribution in [1.29, 1.82) is 0 Å². The molecule has 1 aromatic heterocycles. The Labute approximate surface area is 130 Å². The molecule has 1 aromatic rings. The Kier molecular flexibility index (Phi) is 6.53. The molecule has 0 saturated carbocycles. The van der Waals surface area contributed by atoms with Crippen LogP contribution in [0.3, 0.4) is 0 Å². The zero-order chi connectivity index (χ0) is 15.6. The minimum atomic E-state index is 0. The number of nitrogens with zero attached hydrogens (tertiary/aromatic N) is 4. The SMILES string of the molecule is C.CC1=C(C(C)(C)C)CC=N1.Cn1cnnc1C(C)(C)C. The monoisotopic (exact) mass is 292 g/mol. The van der Waals surface area contributed by atoms with Crippen LogP contribution in [0.4, 0.5) is 0 Å². The van der Waals surface area contributed by atoms with Crippen LogP contribution in [0.1, 0.15) is 68.1 Å². The summed E-state index contributed by atoms with van der Waals surface area (Å²) in [6.45, 7) is 15.2. The third kappa shape index (κ3) is 5.44. The Morgan fingerprint density at radius 3 is 1.81 bits per heavy atom. The molecule has 120 valence electrons. The van der Waals surface area contributed by atoms with E-state index < -0.39 is 0 Å². The first kappa shape index (κ1) is 19.6. The van der Waals surface area contributed by atoms with Crippen molar-refractivity contribution in [2.24, 2.45) is 17.5 Å². The number of hydrogen-bond donors (Lipinski definition) is 0. The first-order valence-electron chi connectivity index (χ1n) is 7.10. The molecule has 1 aliphatic heterocycles. The maximum absolute atomic E-state index is 4.24. The van der Waals surface area contributed by atoms with Crippen molar-refractivity contribution in [3.05, 3.63) is 23.4 Å². The van der Waals surface area contributed by atoms with Gasteiger partial charge < -0.3 is 4.57 Å². The topological polar surface area (TPSA) is 43.1 Å². The van der Waals surface area contributed by atoms with Crippen LogP contribution in [0.5, 0.6) is 0 Å². The molecule has 0 N–H and O–H groups in total. The van der Waals surface area contributed by atoms with E-state index in [1.165, 1.54) is 11.3 Å². The van der Waals surface area contributed by atoms with Gasteiger partial charge in [-0.3, -0.25) is 4.99 Å². The molecular weight excluding hydrogens is 260 g/mol. The predicted molar refractivity (Wildman–Crippen MR) is 91.7 cm³/mol. The predicted octanol–water partition coefficient (Wildman–Crippen LogP) is 4.53. The van der Waals surface area contributed by atoms with E-state index in [0.717, 1.165) is 12.2 Å². The molecular formula is C17H32N4.